The monoisotopic (exact) mass is 300 g/mol. The van der Waals surface area contributed by atoms with Crippen LogP contribution in [0.1, 0.15) is 19.3 Å². The predicted octanol–water partition coefficient (Wildman–Crippen LogP) is -2.04. The maximum atomic E-state index is 11.6. The SMILES string of the molecule is O=C(CCN1C(=O)C=CC1=O)NC(CCC(O)O)C(=O)O. The molecule has 1 unspecified atom stereocenters. The molecule has 1 heterocycles. The molecular weight excluding hydrogens is 284 g/mol. The van der Waals surface area contributed by atoms with Crippen LogP contribution in [0.3, 0.4) is 0 Å². The Morgan fingerprint density at radius 1 is 1.14 bits per heavy atom. The average Bonchev–Trinajstić information content (AvgIpc) is 2.71. The molecule has 0 aromatic heterocycles. The van der Waals surface area contributed by atoms with Crippen LogP contribution in [0.2, 0.25) is 0 Å². The summed E-state index contributed by atoms with van der Waals surface area (Å²) in [4.78, 5) is 45.9. The van der Waals surface area contributed by atoms with E-state index in [1.54, 1.807) is 0 Å². The van der Waals surface area contributed by atoms with E-state index in [1.165, 1.54) is 0 Å². The zero-order valence-electron chi connectivity index (χ0n) is 11.1. The summed E-state index contributed by atoms with van der Waals surface area (Å²) in [6, 6.07) is -1.26. The van der Waals surface area contributed by atoms with Crippen molar-refractivity contribution in [2.24, 2.45) is 0 Å². The molecule has 21 heavy (non-hydrogen) atoms. The zero-order valence-corrected chi connectivity index (χ0v) is 11.1. The van der Waals surface area contributed by atoms with Gasteiger partial charge >= 0.3 is 5.97 Å². The van der Waals surface area contributed by atoms with Crippen molar-refractivity contribution in [3.8, 4) is 0 Å². The molecule has 0 aliphatic carbocycles. The minimum absolute atomic E-state index is 0.147. The quantitative estimate of drug-likeness (QED) is 0.298. The van der Waals surface area contributed by atoms with Crippen LogP contribution in [-0.4, -0.2) is 62.8 Å². The smallest absolute Gasteiger partial charge is 0.326 e. The minimum atomic E-state index is -1.66. The van der Waals surface area contributed by atoms with E-state index in [4.69, 9.17) is 15.3 Å². The van der Waals surface area contributed by atoms with Gasteiger partial charge in [0.1, 0.15) is 6.04 Å². The van der Waals surface area contributed by atoms with Gasteiger partial charge in [-0.2, -0.15) is 0 Å². The first-order valence-electron chi connectivity index (χ1n) is 6.23. The van der Waals surface area contributed by atoms with Gasteiger partial charge in [0.15, 0.2) is 6.29 Å². The van der Waals surface area contributed by atoms with Crippen molar-refractivity contribution in [3.05, 3.63) is 12.2 Å². The highest BCUT2D eigenvalue weighted by atomic mass is 16.5. The molecule has 1 atom stereocenters. The lowest BCUT2D eigenvalue weighted by atomic mass is 10.1. The predicted molar refractivity (Wildman–Crippen MR) is 67.5 cm³/mol. The molecule has 0 bridgehead atoms. The highest BCUT2D eigenvalue weighted by Crippen LogP contribution is 2.05. The van der Waals surface area contributed by atoms with Crippen LogP contribution in [0.15, 0.2) is 12.2 Å². The molecule has 116 valence electrons. The van der Waals surface area contributed by atoms with E-state index >= 15 is 0 Å². The first kappa shape index (κ1) is 16.8. The first-order chi connectivity index (χ1) is 9.81. The fourth-order valence-corrected chi connectivity index (χ4v) is 1.70. The van der Waals surface area contributed by atoms with Gasteiger partial charge in [-0.1, -0.05) is 0 Å². The Kier molecular flexibility index (Phi) is 6.00. The highest BCUT2D eigenvalue weighted by Gasteiger charge is 2.25. The number of rotatable bonds is 8. The lowest BCUT2D eigenvalue weighted by Crippen LogP contribution is -2.43. The van der Waals surface area contributed by atoms with Crippen molar-refractivity contribution in [3.63, 3.8) is 0 Å². The Labute approximate surface area is 119 Å². The van der Waals surface area contributed by atoms with E-state index in [0.29, 0.717) is 0 Å². The second kappa shape index (κ2) is 7.50. The van der Waals surface area contributed by atoms with E-state index in [2.05, 4.69) is 5.32 Å². The first-order valence-corrected chi connectivity index (χ1v) is 6.23. The summed E-state index contributed by atoms with van der Waals surface area (Å²) in [6.07, 6.45) is -0.0718. The number of aliphatic hydroxyl groups excluding tert-OH is 1. The van der Waals surface area contributed by atoms with Crippen LogP contribution in [-0.2, 0) is 19.2 Å². The van der Waals surface area contributed by atoms with Crippen molar-refractivity contribution in [1.82, 2.24) is 10.2 Å². The van der Waals surface area contributed by atoms with E-state index in [9.17, 15) is 19.2 Å². The number of carbonyl (C=O) groups excluding carboxylic acids is 3. The van der Waals surface area contributed by atoms with Gasteiger partial charge in [0, 0.05) is 31.5 Å². The van der Waals surface area contributed by atoms with Gasteiger partial charge in [-0.25, -0.2) is 4.79 Å². The summed E-state index contributed by atoms with van der Waals surface area (Å²) in [5.74, 6) is -3.00. The lowest BCUT2D eigenvalue weighted by molar-refractivity contribution is -0.143. The number of amides is 3. The Bertz CT molecular complexity index is 454. The van der Waals surface area contributed by atoms with Gasteiger partial charge in [-0.05, 0) is 6.42 Å². The van der Waals surface area contributed by atoms with Crippen LogP contribution in [0.4, 0.5) is 0 Å². The molecule has 0 fully saturated rings. The molecule has 9 nitrogen and oxygen atoms in total. The maximum absolute atomic E-state index is 11.6. The van der Waals surface area contributed by atoms with Crippen LogP contribution in [0, 0.1) is 0 Å². The van der Waals surface area contributed by atoms with Crippen molar-refractivity contribution < 1.29 is 34.5 Å². The van der Waals surface area contributed by atoms with E-state index in [1.807, 2.05) is 0 Å². The third kappa shape index (κ3) is 5.32. The molecule has 0 aromatic rings. The average molecular weight is 300 g/mol. The number of nitrogens with zero attached hydrogens (tertiary/aromatic N) is 1. The summed E-state index contributed by atoms with van der Waals surface area (Å²) in [5.41, 5.74) is 0. The molecule has 3 amide bonds. The van der Waals surface area contributed by atoms with Crippen molar-refractivity contribution >= 4 is 23.7 Å². The summed E-state index contributed by atoms with van der Waals surface area (Å²) >= 11 is 0. The van der Waals surface area contributed by atoms with Gasteiger partial charge in [0.2, 0.25) is 5.91 Å². The lowest BCUT2D eigenvalue weighted by Gasteiger charge is -2.17. The molecule has 0 saturated heterocycles. The normalized spacial score (nSPS) is 15.7. The molecule has 1 aliphatic rings. The molecule has 1 rings (SSSR count). The number of carboxylic acid groups (broad SMARTS) is 1. The third-order valence-electron chi connectivity index (χ3n) is 2.81. The maximum Gasteiger partial charge on any atom is 0.326 e. The summed E-state index contributed by atoms with van der Waals surface area (Å²) in [7, 11) is 0. The summed E-state index contributed by atoms with van der Waals surface area (Å²) < 4.78 is 0. The zero-order chi connectivity index (χ0) is 16.0. The van der Waals surface area contributed by atoms with Gasteiger partial charge < -0.3 is 20.6 Å². The Morgan fingerprint density at radius 2 is 1.71 bits per heavy atom. The number of aliphatic carboxylic acids is 1. The molecule has 0 spiro atoms. The van der Waals surface area contributed by atoms with Crippen molar-refractivity contribution in [1.29, 1.82) is 0 Å². The number of imide groups is 1. The van der Waals surface area contributed by atoms with Crippen LogP contribution < -0.4 is 5.32 Å². The van der Waals surface area contributed by atoms with Crippen LogP contribution >= 0.6 is 0 Å². The number of aliphatic hydroxyl groups is 2. The fourth-order valence-electron chi connectivity index (χ4n) is 1.70. The van der Waals surface area contributed by atoms with Gasteiger partial charge in [0.25, 0.3) is 11.8 Å². The molecule has 0 radical (unpaired) electrons. The van der Waals surface area contributed by atoms with E-state index in [0.717, 1.165) is 17.1 Å². The second-order valence-electron chi connectivity index (χ2n) is 4.43. The van der Waals surface area contributed by atoms with Gasteiger partial charge in [-0.3, -0.25) is 19.3 Å². The standard InChI is InChI=1S/C12H16N2O7/c15-8(5-6-14-9(16)2-3-10(14)17)13-7(12(20)21)1-4-11(18)19/h2-3,7,11,18-19H,1,4-6H2,(H,13,15)(H,20,21). The van der Waals surface area contributed by atoms with Gasteiger partial charge in [0.05, 0.1) is 0 Å². The van der Waals surface area contributed by atoms with E-state index in [-0.39, 0.29) is 25.8 Å². The number of carbonyl (C=O) groups is 4. The fraction of sp³-hybridized carbons (Fsp3) is 0.500. The van der Waals surface area contributed by atoms with Crippen molar-refractivity contribution in [2.75, 3.05) is 6.54 Å². The number of nitrogens with one attached hydrogen (secondary N) is 1. The summed E-state index contributed by atoms with van der Waals surface area (Å²) in [5, 5.41) is 28.5. The topological polar surface area (TPSA) is 144 Å². The molecule has 9 heteroatoms. The second-order valence-corrected chi connectivity index (χ2v) is 4.43. The molecule has 0 saturated carbocycles. The third-order valence-corrected chi connectivity index (χ3v) is 2.81. The summed E-state index contributed by atoms with van der Waals surface area (Å²) in [6.45, 7) is -0.147. The number of carboxylic acids is 1. The number of hydrogen-bond acceptors (Lipinski definition) is 6. The minimum Gasteiger partial charge on any atom is -0.480 e. The Hall–Kier alpha value is -2.26. The molecular formula is C12H16N2O7. The largest absolute Gasteiger partial charge is 0.480 e. The Morgan fingerprint density at radius 3 is 2.19 bits per heavy atom. The van der Waals surface area contributed by atoms with Crippen LogP contribution in [0.5, 0.6) is 0 Å². The number of hydrogen-bond donors (Lipinski definition) is 4. The molecule has 4 N–H and O–H groups in total. The van der Waals surface area contributed by atoms with E-state index < -0.39 is 36.0 Å². The van der Waals surface area contributed by atoms with Gasteiger partial charge in [-0.15, -0.1) is 0 Å². The molecule has 0 aromatic carbocycles. The van der Waals surface area contributed by atoms with Crippen molar-refractivity contribution in [2.45, 2.75) is 31.6 Å². The van der Waals surface area contributed by atoms with Crippen LogP contribution in [0.25, 0.3) is 0 Å². The highest BCUT2D eigenvalue weighted by molar-refractivity contribution is 6.13. The molecule has 1 aliphatic heterocycles. The Balaban J connectivity index is 2.42.